The van der Waals surface area contributed by atoms with Gasteiger partial charge in [0.15, 0.2) is 0 Å². The van der Waals surface area contributed by atoms with E-state index < -0.39 is 11.9 Å². The number of carbonyl (C=O) groups excluding carboxylic acids is 2. The van der Waals surface area contributed by atoms with Gasteiger partial charge < -0.3 is 15.3 Å². The van der Waals surface area contributed by atoms with Crippen LogP contribution in [0.4, 0.5) is 4.39 Å². The lowest BCUT2D eigenvalue weighted by Gasteiger charge is -2.30. The number of unbranched alkanes of at least 4 members (excludes halogenated alkanes) is 1. The Morgan fingerprint density at radius 1 is 1.12 bits per heavy atom. The summed E-state index contributed by atoms with van der Waals surface area (Å²) in [7, 11) is 0. The number of nitrogens with zero attached hydrogens (tertiary/aromatic N) is 1. The Bertz CT molecular complexity index is 542. The van der Waals surface area contributed by atoms with Gasteiger partial charge in [-0.25, -0.2) is 4.39 Å². The minimum absolute atomic E-state index is 0.0660. The molecule has 0 unspecified atom stereocenters. The molecule has 1 aliphatic heterocycles. The number of benzene rings is 1. The van der Waals surface area contributed by atoms with Gasteiger partial charge >= 0.3 is 0 Å². The van der Waals surface area contributed by atoms with Crippen LogP contribution in [0.15, 0.2) is 24.3 Å². The van der Waals surface area contributed by atoms with Crippen molar-refractivity contribution >= 4 is 11.8 Å². The van der Waals surface area contributed by atoms with E-state index in [-0.39, 0.29) is 18.4 Å². The first-order valence-electron chi connectivity index (χ1n) is 8.58. The molecule has 1 saturated heterocycles. The second-order valence-corrected chi connectivity index (χ2v) is 6.14. The van der Waals surface area contributed by atoms with Crippen LogP contribution in [0.3, 0.4) is 0 Å². The van der Waals surface area contributed by atoms with Crippen LogP contribution in [0.1, 0.15) is 48.9 Å². The molecular weight excluding hydrogens is 311 g/mol. The van der Waals surface area contributed by atoms with Crippen molar-refractivity contribution in [2.75, 3.05) is 19.7 Å². The molecule has 0 spiro atoms. The fourth-order valence-electron chi connectivity index (χ4n) is 2.90. The summed E-state index contributed by atoms with van der Waals surface area (Å²) in [6.07, 6.45) is 4.84. The van der Waals surface area contributed by atoms with Crippen molar-refractivity contribution in [2.24, 2.45) is 0 Å². The Balaban J connectivity index is 2.02. The molecule has 1 aliphatic rings. The quantitative estimate of drug-likeness (QED) is 0.749. The molecule has 0 saturated carbocycles. The van der Waals surface area contributed by atoms with Crippen LogP contribution >= 0.6 is 0 Å². The molecule has 6 heteroatoms. The summed E-state index contributed by atoms with van der Waals surface area (Å²) in [6, 6.07) is 4.65. The van der Waals surface area contributed by atoms with Gasteiger partial charge in [0.1, 0.15) is 11.9 Å². The summed E-state index contributed by atoms with van der Waals surface area (Å²) in [5.41, 5.74) is 0.329. The number of amides is 2. The molecular formula is C18H25FN2O3. The highest BCUT2D eigenvalue weighted by molar-refractivity contribution is 5.97. The minimum Gasteiger partial charge on any atom is -0.396 e. The van der Waals surface area contributed by atoms with Crippen LogP contribution in [-0.4, -0.2) is 47.6 Å². The predicted octanol–water partition coefficient (Wildman–Crippen LogP) is 2.10. The number of halogens is 1. The van der Waals surface area contributed by atoms with E-state index in [1.165, 1.54) is 24.3 Å². The number of hydrogen-bond acceptors (Lipinski definition) is 3. The van der Waals surface area contributed by atoms with Gasteiger partial charge in [-0.3, -0.25) is 9.59 Å². The zero-order valence-electron chi connectivity index (χ0n) is 13.8. The molecule has 1 aromatic carbocycles. The SMILES string of the molecule is O=C(N[C@@H](CCCCO)C(=O)N1CCCCC1)c1ccc(F)cc1. The number of carbonyl (C=O) groups is 2. The maximum Gasteiger partial charge on any atom is 0.251 e. The highest BCUT2D eigenvalue weighted by atomic mass is 19.1. The van der Waals surface area contributed by atoms with Crippen LogP contribution < -0.4 is 5.32 Å². The van der Waals surface area contributed by atoms with Crippen molar-refractivity contribution in [3.8, 4) is 0 Å². The Morgan fingerprint density at radius 3 is 2.42 bits per heavy atom. The van der Waals surface area contributed by atoms with Crippen molar-refractivity contribution in [1.29, 1.82) is 0 Å². The number of piperidine rings is 1. The predicted molar refractivity (Wildman–Crippen MR) is 89.0 cm³/mol. The topological polar surface area (TPSA) is 69.6 Å². The largest absolute Gasteiger partial charge is 0.396 e. The van der Waals surface area contributed by atoms with Crippen LogP contribution in [-0.2, 0) is 4.79 Å². The molecule has 1 atom stereocenters. The molecule has 0 aliphatic carbocycles. The number of aliphatic hydroxyl groups excluding tert-OH is 1. The number of likely N-dealkylation sites (tertiary alicyclic amines) is 1. The number of nitrogens with one attached hydrogen (secondary N) is 1. The summed E-state index contributed by atoms with van der Waals surface area (Å²) in [4.78, 5) is 26.8. The van der Waals surface area contributed by atoms with Crippen molar-refractivity contribution in [1.82, 2.24) is 10.2 Å². The molecule has 2 rings (SSSR count). The number of hydrogen-bond donors (Lipinski definition) is 2. The standard InChI is InChI=1S/C18H25FN2O3/c19-15-9-7-14(8-10-15)17(23)20-16(6-2-5-13-22)18(24)21-11-3-1-4-12-21/h7-10,16,22H,1-6,11-13H2,(H,20,23)/t16-/m0/s1. The number of rotatable bonds is 7. The van der Waals surface area contributed by atoms with E-state index >= 15 is 0 Å². The molecule has 1 heterocycles. The van der Waals surface area contributed by atoms with Gasteiger partial charge in [0.25, 0.3) is 5.91 Å². The van der Waals surface area contributed by atoms with E-state index in [1.807, 2.05) is 0 Å². The van der Waals surface area contributed by atoms with Crippen molar-refractivity contribution < 1.29 is 19.1 Å². The second-order valence-electron chi connectivity index (χ2n) is 6.14. The van der Waals surface area contributed by atoms with E-state index in [0.29, 0.717) is 24.8 Å². The van der Waals surface area contributed by atoms with Gasteiger partial charge in [0.2, 0.25) is 5.91 Å². The van der Waals surface area contributed by atoms with E-state index in [1.54, 1.807) is 4.90 Å². The van der Waals surface area contributed by atoms with Crippen LogP contribution in [0.25, 0.3) is 0 Å². The van der Waals surface area contributed by atoms with Crippen molar-refractivity contribution in [3.05, 3.63) is 35.6 Å². The van der Waals surface area contributed by atoms with Gasteiger partial charge in [0, 0.05) is 25.3 Å². The molecule has 1 fully saturated rings. The average Bonchev–Trinajstić information content (AvgIpc) is 2.61. The first kappa shape index (κ1) is 18.4. The summed E-state index contributed by atoms with van der Waals surface area (Å²) in [5.74, 6) is -0.854. The van der Waals surface area contributed by atoms with E-state index in [0.717, 1.165) is 32.4 Å². The van der Waals surface area contributed by atoms with Crippen LogP contribution in [0, 0.1) is 5.82 Å². The molecule has 2 N–H and O–H groups in total. The third-order valence-electron chi connectivity index (χ3n) is 4.28. The molecule has 0 radical (unpaired) electrons. The Hall–Kier alpha value is -1.95. The third kappa shape index (κ3) is 5.30. The van der Waals surface area contributed by atoms with E-state index in [2.05, 4.69) is 5.32 Å². The lowest BCUT2D eigenvalue weighted by molar-refractivity contribution is -0.134. The maximum atomic E-state index is 13.0. The summed E-state index contributed by atoms with van der Waals surface area (Å²) in [5, 5.41) is 11.7. The van der Waals surface area contributed by atoms with E-state index in [4.69, 9.17) is 5.11 Å². The molecule has 1 aromatic rings. The Morgan fingerprint density at radius 2 is 1.79 bits per heavy atom. The minimum atomic E-state index is -0.604. The summed E-state index contributed by atoms with van der Waals surface area (Å²) < 4.78 is 13.0. The summed E-state index contributed by atoms with van der Waals surface area (Å²) >= 11 is 0. The monoisotopic (exact) mass is 336 g/mol. The Labute approximate surface area is 141 Å². The molecule has 24 heavy (non-hydrogen) atoms. The second kappa shape index (κ2) is 9.37. The normalized spacial score (nSPS) is 15.8. The van der Waals surface area contributed by atoms with Gasteiger partial charge in [-0.15, -0.1) is 0 Å². The molecule has 2 amide bonds. The van der Waals surface area contributed by atoms with Gasteiger partial charge in [-0.05, 0) is 62.8 Å². The van der Waals surface area contributed by atoms with Crippen molar-refractivity contribution in [2.45, 2.75) is 44.6 Å². The van der Waals surface area contributed by atoms with Gasteiger partial charge in [-0.2, -0.15) is 0 Å². The van der Waals surface area contributed by atoms with Crippen LogP contribution in [0.2, 0.25) is 0 Å². The van der Waals surface area contributed by atoms with Crippen molar-refractivity contribution in [3.63, 3.8) is 0 Å². The van der Waals surface area contributed by atoms with E-state index in [9.17, 15) is 14.0 Å². The zero-order valence-corrected chi connectivity index (χ0v) is 13.8. The smallest absolute Gasteiger partial charge is 0.251 e. The highest BCUT2D eigenvalue weighted by Gasteiger charge is 2.26. The van der Waals surface area contributed by atoms with Gasteiger partial charge in [0.05, 0.1) is 0 Å². The molecule has 0 aromatic heterocycles. The third-order valence-corrected chi connectivity index (χ3v) is 4.28. The number of aliphatic hydroxyl groups is 1. The van der Waals surface area contributed by atoms with Gasteiger partial charge in [-0.1, -0.05) is 0 Å². The van der Waals surface area contributed by atoms with Crippen LogP contribution in [0.5, 0.6) is 0 Å². The Kier molecular flexibility index (Phi) is 7.18. The first-order chi connectivity index (χ1) is 11.6. The molecule has 5 nitrogen and oxygen atoms in total. The fraction of sp³-hybridized carbons (Fsp3) is 0.556. The average molecular weight is 336 g/mol. The lowest BCUT2D eigenvalue weighted by atomic mass is 10.0. The molecule has 132 valence electrons. The first-order valence-corrected chi connectivity index (χ1v) is 8.58. The highest BCUT2D eigenvalue weighted by Crippen LogP contribution is 2.13. The lowest BCUT2D eigenvalue weighted by Crippen LogP contribution is -2.50. The maximum absolute atomic E-state index is 13.0. The zero-order chi connectivity index (χ0) is 17.4. The summed E-state index contributed by atoms with van der Waals surface area (Å²) in [6.45, 7) is 1.51. The fourth-order valence-corrected chi connectivity index (χ4v) is 2.90. The molecule has 0 bridgehead atoms.